The molecule has 1 aliphatic heterocycles. The highest BCUT2D eigenvalue weighted by Crippen LogP contribution is 2.23. The predicted molar refractivity (Wildman–Crippen MR) is 44.4 cm³/mol. The van der Waals surface area contributed by atoms with Crippen molar-refractivity contribution >= 4 is 5.78 Å². The first-order valence-electron chi connectivity index (χ1n) is 3.89. The molecule has 1 aromatic rings. The number of ether oxygens (including phenoxy) is 1. The minimum absolute atomic E-state index is 0.148. The van der Waals surface area contributed by atoms with E-state index in [1.54, 1.807) is 12.1 Å². The SMILES string of the molecule is O=C1C=COC1c1cccc(F)c1. The first-order valence-corrected chi connectivity index (χ1v) is 3.89. The van der Waals surface area contributed by atoms with Gasteiger partial charge < -0.3 is 4.74 Å². The van der Waals surface area contributed by atoms with Gasteiger partial charge in [0.2, 0.25) is 5.78 Å². The Morgan fingerprint density at radius 2 is 2.23 bits per heavy atom. The summed E-state index contributed by atoms with van der Waals surface area (Å²) >= 11 is 0. The standard InChI is InChI=1S/C10H7FO2/c11-8-3-1-2-7(6-8)10-9(12)4-5-13-10/h1-6,10H. The van der Waals surface area contributed by atoms with Gasteiger partial charge in [0, 0.05) is 11.6 Å². The molecule has 0 saturated heterocycles. The Morgan fingerprint density at radius 1 is 1.38 bits per heavy atom. The van der Waals surface area contributed by atoms with E-state index in [0.29, 0.717) is 5.56 Å². The molecule has 66 valence electrons. The fourth-order valence-electron chi connectivity index (χ4n) is 1.25. The highest BCUT2D eigenvalue weighted by atomic mass is 19.1. The molecule has 1 atom stereocenters. The first kappa shape index (κ1) is 7.98. The maximum atomic E-state index is 12.8. The van der Waals surface area contributed by atoms with E-state index in [9.17, 15) is 9.18 Å². The number of rotatable bonds is 1. The Bertz CT molecular complexity index is 371. The number of benzene rings is 1. The van der Waals surface area contributed by atoms with Crippen LogP contribution in [0.15, 0.2) is 36.6 Å². The minimum atomic E-state index is -0.657. The van der Waals surface area contributed by atoms with Crippen molar-refractivity contribution in [2.45, 2.75) is 6.10 Å². The maximum Gasteiger partial charge on any atom is 0.203 e. The molecule has 1 aromatic carbocycles. The predicted octanol–water partition coefficient (Wildman–Crippen LogP) is 1.98. The maximum absolute atomic E-state index is 12.8. The lowest BCUT2D eigenvalue weighted by Gasteiger charge is -2.08. The van der Waals surface area contributed by atoms with Gasteiger partial charge in [0.25, 0.3) is 0 Å². The summed E-state index contributed by atoms with van der Waals surface area (Å²) in [4.78, 5) is 11.2. The van der Waals surface area contributed by atoms with E-state index < -0.39 is 6.10 Å². The van der Waals surface area contributed by atoms with Crippen molar-refractivity contribution in [1.82, 2.24) is 0 Å². The molecule has 0 N–H and O–H groups in total. The summed E-state index contributed by atoms with van der Waals surface area (Å²) in [7, 11) is 0. The molecule has 0 bridgehead atoms. The van der Waals surface area contributed by atoms with E-state index in [4.69, 9.17) is 4.74 Å². The first-order chi connectivity index (χ1) is 6.27. The molecule has 0 saturated carbocycles. The molecule has 0 fully saturated rings. The fourth-order valence-corrected chi connectivity index (χ4v) is 1.25. The number of carbonyl (C=O) groups excluding carboxylic acids is 1. The Hall–Kier alpha value is -1.64. The summed E-state index contributed by atoms with van der Waals surface area (Å²) < 4.78 is 17.8. The summed E-state index contributed by atoms with van der Waals surface area (Å²) in [6.45, 7) is 0. The Balaban J connectivity index is 2.31. The van der Waals surface area contributed by atoms with Crippen LogP contribution in [0.4, 0.5) is 4.39 Å². The quantitative estimate of drug-likeness (QED) is 0.657. The van der Waals surface area contributed by atoms with E-state index >= 15 is 0 Å². The second kappa shape index (κ2) is 3.01. The molecule has 0 amide bonds. The van der Waals surface area contributed by atoms with Gasteiger partial charge in [0.15, 0.2) is 6.10 Å². The molecule has 0 aromatic heterocycles. The highest BCUT2D eigenvalue weighted by Gasteiger charge is 2.23. The topological polar surface area (TPSA) is 26.3 Å². The summed E-state index contributed by atoms with van der Waals surface area (Å²) in [5.74, 6) is -0.508. The van der Waals surface area contributed by atoms with E-state index in [1.165, 1.54) is 24.5 Å². The number of hydrogen-bond acceptors (Lipinski definition) is 2. The monoisotopic (exact) mass is 178 g/mol. The van der Waals surface area contributed by atoms with Crippen LogP contribution in [0.1, 0.15) is 11.7 Å². The van der Waals surface area contributed by atoms with Gasteiger partial charge in [-0.3, -0.25) is 4.79 Å². The summed E-state index contributed by atoms with van der Waals surface area (Å²) in [5.41, 5.74) is 0.551. The number of halogens is 1. The van der Waals surface area contributed by atoms with Crippen molar-refractivity contribution in [3.8, 4) is 0 Å². The summed E-state index contributed by atoms with van der Waals surface area (Å²) in [6.07, 6.45) is 2.02. The van der Waals surface area contributed by atoms with Gasteiger partial charge in [0.05, 0.1) is 6.26 Å². The van der Waals surface area contributed by atoms with Crippen LogP contribution in [0.3, 0.4) is 0 Å². The lowest BCUT2D eigenvalue weighted by Crippen LogP contribution is -2.06. The van der Waals surface area contributed by atoms with Gasteiger partial charge in [-0.25, -0.2) is 4.39 Å². The van der Waals surface area contributed by atoms with Gasteiger partial charge in [-0.1, -0.05) is 12.1 Å². The summed E-state index contributed by atoms with van der Waals surface area (Å²) in [5, 5.41) is 0. The second-order valence-electron chi connectivity index (χ2n) is 2.78. The summed E-state index contributed by atoms with van der Waals surface area (Å²) in [6, 6.07) is 5.85. The largest absolute Gasteiger partial charge is 0.485 e. The lowest BCUT2D eigenvalue weighted by atomic mass is 10.1. The average molecular weight is 178 g/mol. The Kier molecular flexibility index (Phi) is 1.85. The van der Waals surface area contributed by atoms with Gasteiger partial charge in [-0.2, -0.15) is 0 Å². The fraction of sp³-hybridized carbons (Fsp3) is 0.100. The van der Waals surface area contributed by atoms with Crippen molar-refractivity contribution in [2.75, 3.05) is 0 Å². The smallest absolute Gasteiger partial charge is 0.203 e. The molecule has 13 heavy (non-hydrogen) atoms. The normalized spacial score (nSPS) is 20.4. The van der Waals surface area contributed by atoms with Crippen LogP contribution in [0, 0.1) is 5.82 Å². The lowest BCUT2D eigenvalue weighted by molar-refractivity contribution is -0.120. The van der Waals surface area contributed by atoms with E-state index in [2.05, 4.69) is 0 Å². The molecule has 0 aliphatic carbocycles. The zero-order valence-electron chi connectivity index (χ0n) is 6.74. The van der Waals surface area contributed by atoms with Crippen molar-refractivity contribution in [3.05, 3.63) is 48.0 Å². The Morgan fingerprint density at radius 3 is 2.85 bits per heavy atom. The molecule has 0 spiro atoms. The van der Waals surface area contributed by atoms with Crippen LogP contribution in [0.5, 0.6) is 0 Å². The Labute approximate surface area is 74.6 Å². The van der Waals surface area contributed by atoms with Crippen LogP contribution in [0.2, 0.25) is 0 Å². The molecule has 0 radical (unpaired) electrons. The van der Waals surface area contributed by atoms with Crippen LogP contribution < -0.4 is 0 Å². The van der Waals surface area contributed by atoms with E-state index in [1.807, 2.05) is 0 Å². The molecule has 2 rings (SSSR count). The van der Waals surface area contributed by atoms with Crippen molar-refractivity contribution in [2.24, 2.45) is 0 Å². The van der Waals surface area contributed by atoms with E-state index in [-0.39, 0.29) is 11.6 Å². The zero-order chi connectivity index (χ0) is 9.26. The van der Waals surface area contributed by atoms with Gasteiger partial charge >= 0.3 is 0 Å². The molecule has 1 aliphatic rings. The van der Waals surface area contributed by atoms with Crippen molar-refractivity contribution in [1.29, 1.82) is 0 Å². The molecule has 1 unspecified atom stereocenters. The third-order valence-electron chi connectivity index (χ3n) is 1.86. The number of carbonyl (C=O) groups is 1. The number of hydrogen-bond donors (Lipinski definition) is 0. The van der Waals surface area contributed by atoms with Crippen LogP contribution >= 0.6 is 0 Å². The van der Waals surface area contributed by atoms with Crippen molar-refractivity contribution < 1.29 is 13.9 Å². The molecule has 3 heteroatoms. The second-order valence-corrected chi connectivity index (χ2v) is 2.78. The van der Waals surface area contributed by atoms with Gasteiger partial charge in [0.1, 0.15) is 5.82 Å². The van der Waals surface area contributed by atoms with Crippen LogP contribution in [-0.2, 0) is 9.53 Å². The molecular formula is C10H7FO2. The third-order valence-corrected chi connectivity index (χ3v) is 1.86. The number of ketones is 1. The van der Waals surface area contributed by atoms with E-state index in [0.717, 1.165) is 0 Å². The van der Waals surface area contributed by atoms with Crippen LogP contribution in [-0.4, -0.2) is 5.78 Å². The average Bonchev–Trinajstić information content (AvgIpc) is 2.51. The van der Waals surface area contributed by atoms with Gasteiger partial charge in [-0.15, -0.1) is 0 Å². The van der Waals surface area contributed by atoms with Gasteiger partial charge in [-0.05, 0) is 12.1 Å². The third kappa shape index (κ3) is 1.45. The molecular weight excluding hydrogens is 171 g/mol. The minimum Gasteiger partial charge on any atom is -0.485 e. The highest BCUT2D eigenvalue weighted by molar-refractivity contribution is 5.95. The van der Waals surface area contributed by atoms with Crippen molar-refractivity contribution in [3.63, 3.8) is 0 Å². The molecule has 2 nitrogen and oxygen atoms in total. The van der Waals surface area contributed by atoms with Crippen LogP contribution in [0.25, 0.3) is 0 Å². The molecule has 1 heterocycles. The zero-order valence-corrected chi connectivity index (χ0v) is 6.74.